The van der Waals surface area contributed by atoms with E-state index in [4.69, 9.17) is 9.47 Å². The number of sulfonamides is 1. The van der Waals surface area contributed by atoms with Crippen LogP contribution in [0, 0.1) is 0 Å². The van der Waals surface area contributed by atoms with Crippen LogP contribution < -0.4 is 19.7 Å². The summed E-state index contributed by atoms with van der Waals surface area (Å²) in [5, 5.41) is 5.21. The molecule has 0 spiro atoms. The predicted molar refractivity (Wildman–Crippen MR) is 135 cm³/mol. The van der Waals surface area contributed by atoms with Crippen LogP contribution >= 0.6 is 0 Å². The highest BCUT2D eigenvalue weighted by Gasteiger charge is 2.37. The molecule has 0 bridgehead atoms. The maximum absolute atomic E-state index is 13.6. The standard InChI is InChI=1S/C25H30F3N3O6S/c1-5-22(32)29-12-11-18-15-31(38(34,35)19-8-6-7-16(13-19)25(26,27)28)20-14-17(9-10-21(20)36-18)30-23(33)37-24(2,3)4/h6-10,13-14,18H,5,11-12,15H2,1-4H3,(H,29,32)(H,30,33). The van der Waals surface area contributed by atoms with E-state index >= 15 is 0 Å². The third-order valence-corrected chi connectivity index (χ3v) is 7.17. The zero-order chi connectivity index (χ0) is 28.3. The molecule has 0 radical (unpaired) electrons. The second-order valence-corrected chi connectivity index (χ2v) is 11.5. The van der Waals surface area contributed by atoms with Crippen LogP contribution in [0.2, 0.25) is 0 Å². The Bertz CT molecular complexity index is 1290. The number of carbonyl (C=O) groups is 2. The van der Waals surface area contributed by atoms with Gasteiger partial charge >= 0.3 is 12.3 Å². The molecule has 1 heterocycles. The fourth-order valence-corrected chi connectivity index (χ4v) is 5.19. The molecule has 1 aliphatic rings. The van der Waals surface area contributed by atoms with Crippen LogP contribution in [-0.4, -0.2) is 45.2 Å². The van der Waals surface area contributed by atoms with Crippen molar-refractivity contribution >= 4 is 33.4 Å². The van der Waals surface area contributed by atoms with Crippen molar-refractivity contribution in [3.05, 3.63) is 48.0 Å². The molecule has 0 fully saturated rings. The number of anilines is 2. The smallest absolute Gasteiger partial charge is 0.416 e. The number of hydrogen-bond acceptors (Lipinski definition) is 6. The fraction of sp³-hybridized carbons (Fsp3) is 0.440. The van der Waals surface area contributed by atoms with E-state index in [2.05, 4.69) is 10.6 Å². The summed E-state index contributed by atoms with van der Waals surface area (Å²) in [5.74, 6) is -0.0409. The van der Waals surface area contributed by atoms with Gasteiger partial charge in [-0.3, -0.25) is 14.4 Å². The lowest BCUT2D eigenvalue weighted by atomic mass is 10.1. The first-order valence-electron chi connectivity index (χ1n) is 11.9. The number of halogens is 3. The van der Waals surface area contributed by atoms with Gasteiger partial charge in [0, 0.05) is 25.1 Å². The minimum Gasteiger partial charge on any atom is -0.486 e. The zero-order valence-electron chi connectivity index (χ0n) is 21.4. The predicted octanol–water partition coefficient (Wildman–Crippen LogP) is 4.93. The highest BCUT2D eigenvalue weighted by atomic mass is 32.2. The molecule has 38 heavy (non-hydrogen) atoms. The Morgan fingerprint density at radius 1 is 1.13 bits per heavy atom. The molecule has 1 unspecified atom stereocenters. The van der Waals surface area contributed by atoms with Crippen LogP contribution in [0.15, 0.2) is 47.4 Å². The van der Waals surface area contributed by atoms with Crippen molar-refractivity contribution in [1.82, 2.24) is 5.32 Å². The minimum absolute atomic E-state index is 0.0322. The Balaban J connectivity index is 1.98. The molecule has 1 aliphatic heterocycles. The zero-order valence-corrected chi connectivity index (χ0v) is 22.2. The molecule has 13 heteroatoms. The van der Waals surface area contributed by atoms with Crippen LogP contribution in [0.25, 0.3) is 0 Å². The summed E-state index contributed by atoms with van der Waals surface area (Å²) in [6.07, 6.45) is -5.69. The van der Waals surface area contributed by atoms with Gasteiger partial charge in [0.2, 0.25) is 5.91 Å². The average molecular weight is 558 g/mol. The van der Waals surface area contributed by atoms with Gasteiger partial charge in [-0.15, -0.1) is 0 Å². The molecular weight excluding hydrogens is 527 g/mol. The molecule has 0 aromatic heterocycles. The molecule has 2 amide bonds. The van der Waals surface area contributed by atoms with E-state index in [9.17, 15) is 31.2 Å². The van der Waals surface area contributed by atoms with Crippen molar-refractivity contribution in [3.63, 3.8) is 0 Å². The van der Waals surface area contributed by atoms with Crippen molar-refractivity contribution in [1.29, 1.82) is 0 Å². The number of nitrogens with one attached hydrogen (secondary N) is 2. The molecule has 0 aliphatic carbocycles. The molecule has 2 N–H and O–H groups in total. The van der Waals surface area contributed by atoms with Crippen LogP contribution in [0.1, 0.15) is 46.1 Å². The van der Waals surface area contributed by atoms with Gasteiger partial charge in [0.25, 0.3) is 10.0 Å². The summed E-state index contributed by atoms with van der Waals surface area (Å²) in [6.45, 7) is 6.71. The van der Waals surface area contributed by atoms with Crippen molar-refractivity contribution in [3.8, 4) is 5.75 Å². The maximum atomic E-state index is 13.6. The number of ether oxygens (including phenoxy) is 2. The largest absolute Gasteiger partial charge is 0.486 e. The quantitative estimate of drug-likeness (QED) is 0.499. The third-order valence-electron chi connectivity index (χ3n) is 5.39. The molecule has 2 aromatic rings. The number of alkyl halides is 3. The average Bonchev–Trinajstić information content (AvgIpc) is 2.81. The highest BCUT2D eigenvalue weighted by Crippen LogP contribution is 2.40. The van der Waals surface area contributed by atoms with Crippen LogP contribution in [0.5, 0.6) is 5.75 Å². The van der Waals surface area contributed by atoms with Gasteiger partial charge in [-0.25, -0.2) is 13.2 Å². The Morgan fingerprint density at radius 2 is 1.84 bits per heavy atom. The Hall–Kier alpha value is -3.48. The number of rotatable bonds is 7. The van der Waals surface area contributed by atoms with E-state index in [-0.39, 0.29) is 49.0 Å². The van der Waals surface area contributed by atoms with E-state index in [1.54, 1.807) is 27.7 Å². The summed E-state index contributed by atoms with van der Waals surface area (Å²) in [5.41, 5.74) is -1.66. The minimum atomic E-state index is -4.74. The van der Waals surface area contributed by atoms with Crippen molar-refractivity contribution in [2.75, 3.05) is 22.7 Å². The van der Waals surface area contributed by atoms with E-state index in [0.717, 1.165) is 22.5 Å². The summed E-state index contributed by atoms with van der Waals surface area (Å²) in [4.78, 5) is 23.3. The molecule has 0 saturated carbocycles. The van der Waals surface area contributed by atoms with Crippen molar-refractivity contribution in [2.24, 2.45) is 0 Å². The monoisotopic (exact) mass is 557 g/mol. The molecular formula is C25H30F3N3O6S. The van der Waals surface area contributed by atoms with Crippen molar-refractivity contribution in [2.45, 2.75) is 63.3 Å². The second kappa shape index (κ2) is 11.1. The van der Waals surface area contributed by atoms with Crippen LogP contribution in [-0.2, 0) is 25.7 Å². The lowest BCUT2D eigenvalue weighted by molar-refractivity contribution is -0.137. The summed E-state index contributed by atoms with van der Waals surface area (Å²) >= 11 is 0. The van der Waals surface area contributed by atoms with Gasteiger partial charge in [-0.1, -0.05) is 13.0 Å². The lowest BCUT2D eigenvalue weighted by Crippen LogP contribution is -2.44. The Labute approximate surface area is 219 Å². The van der Waals surface area contributed by atoms with E-state index in [1.165, 1.54) is 18.2 Å². The molecule has 208 valence electrons. The van der Waals surface area contributed by atoms with Gasteiger partial charge in [0.05, 0.1) is 22.7 Å². The van der Waals surface area contributed by atoms with Crippen molar-refractivity contribution < 1.29 is 40.7 Å². The van der Waals surface area contributed by atoms with Crippen LogP contribution in [0.3, 0.4) is 0 Å². The number of amides is 2. The lowest BCUT2D eigenvalue weighted by Gasteiger charge is -2.36. The first-order valence-corrected chi connectivity index (χ1v) is 13.3. The van der Waals surface area contributed by atoms with Gasteiger partial charge in [-0.2, -0.15) is 13.2 Å². The Morgan fingerprint density at radius 3 is 2.47 bits per heavy atom. The highest BCUT2D eigenvalue weighted by molar-refractivity contribution is 7.92. The van der Waals surface area contributed by atoms with Gasteiger partial charge in [0.1, 0.15) is 17.5 Å². The molecule has 3 rings (SSSR count). The Kier molecular flexibility index (Phi) is 8.49. The summed E-state index contributed by atoms with van der Waals surface area (Å²) < 4.78 is 79.3. The first kappa shape index (κ1) is 29.1. The van der Waals surface area contributed by atoms with Gasteiger partial charge < -0.3 is 14.8 Å². The van der Waals surface area contributed by atoms with Gasteiger partial charge in [-0.05, 0) is 57.2 Å². The number of hydrogen-bond donors (Lipinski definition) is 2. The molecule has 9 nitrogen and oxygen atoms in total. The molecule has 2 aromatic carbocycles. The van der Waals surface area contributed by atoms with Crippen LogP contribution in [0.4, 0.5) is 29.3 Å². The second-order valence-electron chi connectivity index (χ2n) is 9.60. The molecule has 1 atom stereocenters. The summed E-state index contributed by atoms with van der Waals surface area (Å²) in [7, 11) is -4.49. The number of fused-ring (bicyclic) bond motifs is 1. The molecule has 0 saturated heterocycles. The number of benzene rings is 2. The van der Waals surface area contributed by atoms with Gasteiger partial charge in [0.15, 0.2) is 0 Å². The topological polar surface area (TPSA) is 114 Å². The normalized spacial score (nSPS) is 15.8. The van der Waals surface area contributed by atoms with E-state index in [0.29, 0.717) is 6.07 Å². The first-order chi connectivity index (χ1) is 17.6. The SMILES string of the molecule is CCC(=O)NCCC1CN(S(=O)(=O)c2cccc(C(F)(F)F)c2)c2cc(NC(=O)OC(C)(C)C)ccc2O1. The fourth-order valence-electron chi connectivity index (χ4n) is 3.65. The number of carbonyl (C=O) groups excluding carboxylic acids is 2. The number of nitrogens with zero attached hydrogens (tertiary/aromatic N) is 1. The van der Waals surface area contributed by atoms with E-state index in [1.807, 2.05) is 0 Å². The van der Waals surface area contributed by atoms with E-state index < -0.39 is 44.5 Å². The maximum Gasteiger partial charge on any atom is 0.416 e. The summed E-state index contributed by atoms with van der Waals surface area (Å²) in [6, 6.07) is 7.75. The third kappa shape index (κ3) is 7.30.